The van der Waals surface area contributed by atoms with Crippen molar-refractivity contribution in [2.75, 3.05) is 13.1 Å². The number of hydrogen-bond acceptors (Lipinski definition) is 5. The molecule has 0 aromatic carbocycles. The summed E-state index contributed by atoms with van der Waals surface area (Å²) in [6.45, 7) is 4.42. The van der Waals surface area contributed by atoms with Crippen LogP contribution in [0.15, 0.2) is 0 Å². The maximum Gasteiger partial charge on any atom is 0.303 e. The summed E-state index contributed by atoms with van der Waals surface area (Å²) in [5, 5.41) is 3.43. The summed E-state index contributed by atoms with van der Waals surface area (Å²) in [6, 6.07) is 1.09. The second-order valence-electron chi connectivity index (χ2n) is 3.77. The third-order valence-corrected chi connectivity index (χ3v) is 9.95. The van der Waals surface area contributed by atoms with E-state index in [1.54, 1.807) is 0 Å². The summed E-state index contributed by atoms with van der Waals surface area (Å²) in [4.78, 5) is 0. The van der Waals surface area contributed by atoms with Crippen LogP contribution >= 0.6 is 0 Å². The Labute approximate surface area is 107 Å². The fourth-order valence-electron chi connectivity index (χ4n) is 1.41. The molecule has 0 spiro atoms. The lowest BCUT2D eigenvalue weighted by molar-refractivity contribution is 0.327. The molecular formula is C7H23NO4Si4. The first-order valence-corrected chi connectivity index (χ1v) is 11.2. The summed E-state index contributed by atoms with van der Waals surface area (Å²) in [6.07, 6.45) is 3.67. The van der Waals surface area contributed by atoms with Gasteiger partial charge in [0.1, 0.15) is 0 Å². The Morgan fingerprint density at radius 1 is 1.00 bits per heavy atom. The predicted octanol–water partition coefficient (Wildman–Crippen LogP) is -1.94. The van der Waals surface area contributed by atoms with Crippen molar-refractivity contribution < 1.29 is 16.5 Å². The maximum atomic E-state index is 5.71. The molecule has 1 rings (SSSR count). The van der Waals surface area contributed by atoms with Crippen molar-refractivity contribution in [2.45, 2.75) is 32.2 Å². The van der Waals surface area contributed by atoms with E-state index >= 15 is 0 Å². The largest absolute Gasteiger partial charge is 0.425 e. The lowest BCUT2D eigenvalue weighted by Gasteiger charge is -2.20. The molecule has 0 aliphatic carbocycles. The van der Waals surface area contributed by atoms with Gasteiger partial charge in [-0.2, -0.15) is 0 Å². The van der Waals surface area contributed by atoms with Gasteiger partial charge in [0.2, 0.25) is 0 Å². The topological polar surface area (TPSA) is 49.0 Å². The van der Waals surface area contributed by atoms with Gasteiger partial charge >= 0.3 is 9.28 Å². The molecule has 9 heteroatoms. The molecule has 0 amide bonds. The summed E-state index contributed by atoms with van der Waals surface area (Å²) in [5.41, 5.74) is 0. The van der Waals surface area contributed by atoms with Crippen LogP contribution in [-0.2, 0) is 16.5 Å². The van der Waals surface area contributed by atoms with E-state index in [0.29, 0.717) is 0 Å². The predicted molar refractivity (Wildman–Crippen MR) is 74.3 cm³/mol. The monoisotopic (exact) mass is 297 g/mol. The lowest BCUT2D eigenvalue weighted by atomic mass is 10.3. The van der Waals surface area contributed by atoms with Crippen molar-refractivity contribution in [1.82, 2.24) is 5.32 Å². The van der Waals surface area contributed by atoms with Gasteiger partial charge in [-0.1, -0.05) is 13.3 Å². The highest BCUT2D eigenvalue weighted by atomic mass is 28.4. The van der Waals surface area contributed by atoms with Crippen molar-refractivity contribution in [3.8, 4) is 0 Å². The lowest BCUT2D eigenvalue weighted by Crippen LogP contribution is -2.33. The van der Waals surface area contributed by atoms with Crippen LogP contribution in [0.4, 0.5) is 0 Å². The highest BCUT2D eigenvalue weighted by molar-refractivity contribution is 6.59. The maximum absolute atomic E-state index is 5.71. The van der Waals surface area contributed by atoms with Gasteiger partial charge in [-0.3, -0.25) is 0 Å². The smallest absolute Gasteiger partial charge is 0.303 e. The highest BCUT2D eigenvalue weighted by Gasteiger charge is 2.15. The van der Waals surface area contributed by atoms with Crippen LogP contribution in [-0.4, -0.2) is 52.4 Å². The standard InChI is InChI=1S/C7H23NO4Si4/c1-2-3-5-8-6-4-7-16-11-14-9-13-10-15-12-16/h8,16H,2-7,13-15H2,1H3. The Morgan fingerprint density at radius 2 is 1.69 bits per heavy atom. The van der Waals surface area contributed by atoms with E-state index in [4.69, 9.17) is 16.5 Å². The third-order valence-electron chi connectivity index (χ3n) is 2.34. The van der Waals surface area contributed by atoms with Crippen LogP contribution in [0.3, 0.4) is 0 Å². The van der Waals surface area contributed by atoms with Gasteiger partial charge in [0.25, 0.3) is 30.0 Å². The molecular weight excluding hydrogens is 274 g/mol. The van der Waals surface area contributed by atoms with Crippen LogP contribution in [0.5, 0.6) is 0 Å². The van der Waals surface area contributed by atoms with Gasteiger partial charge < -0.3 is 21.8 Å². The Morgan fingerprint density at radius 3 is 2.38 bits per heavy atom. The van der Waals surface area contributed by atoms with E-state index in [-0.39, 0.29) is 0 Å². The molecule has 0 radical (unpaired) electrons. The molecule has 0 atom stereocenters. The summed E-state index contributed by atoms with van der Waals surface area (Å²) in [5.74, 6) is 0. The number of nitrogens with one attached hydrogen (secondary N) is 1. The fourth-order valence-corrected chi connectivity index (χ4v) is 10.3. The van der Waals surface area contributed by atoms with Crippen LogP contribution in [0, 0.1) is 0 Å². The highest BCUT2D eigenvalue weighted by Crippen LogP contribution is 2.01. The van der Waals surface area contributed by atoms with Crippen LogP contribution in [0.25, 0.3) is 0 Å². The second kappa shape index (κ2) is 10.8. The Bertz CT molecular complexity index is 159. The normalized spacial score (nSPS) is 27.2. The second-order valence-corrected chi connectivity index (χ2v) is 11.8. The first kappa shape index (κ1) is 14.7. The van der Waals surface area contributed by atoms with Gasteiger partial charge in [0.05, 0.1) is 0 Å². The first-order chi connectivity index (χ1) is 7.93. The van der Waals surface area contributed by atoms with Crippen molar-refractivity contribution in [3.63, 3.8) is 0 Å². The Kier molecular flexibility index (Phi) is 9.94. The van der Waals surface area contributed by atoms with Gasteiger partial charge in [0.15, 0.2) is 0 Å². The zero-order valence-electron chi connectivity index (χ0n) is 10.1. The van der Waals surface area contributed by atoms with Gasteiger partial charge in [-0.05, 0) is 32.0 Å². The van der Waals surface area contributed by atoms with E-state index in [1.165, 1.54) is 12.8 Å². The number of hydrogen-bond donors (Lipinski definition) is 1. The van der Waals surface area contributed by atoms with Crippen molar-refractivity contribution in [1.29, 1.82) is 0 Å². The van der Waals surface area contributed by atoms with E-state index in [2.05, 4.69) is 12.2 Å². The number of rotatable bonds is 7. The SMILES string of the molecule is CCCCNCCC[SiH]1O[SiH2]O[SiH2]O[SiH2]O1. The van der Waals surface area contributed by atoms with E-state index in [1.807, 2.05) is 0 Å². The summed E-state index contributed by atoms with van der Waals surface area (Å²) >= 11 is 0. The van der Waals surface area contributed by atoms with Crippen molar-refractivity contribution >= 4 is 39.3 Å². The molecule has 0 aromatic rings. The molecule has 1 fully saturated rings. The minimum absolute atomic E-state index is 0.721. The molecule has 16 heavy (non-hydrogen) atoms. The molecule has 1 aliphatic rings. The van der Waals surface area contributed by atoms with E-state index in [9.17, 15) is 0 Å². The third kappa shape index (κ3) is 7.86. The van der Waals surface area contributed by atoms with Gasteiger partial charge in [-0.25, -0.2) is 0 Å². The zero-order chi connectivity index (χ0) is 11.5. The minimum Gasteiger partial charge on any atom is -0.425 e. The summed E-state index contributed by atoms with van der Waals surface area (Å²) in [7, 11) is -3.66. The van der Waals surface area contributed by atoms with Gasteiger partial charge in [0, 0.05) is 0 Å². The van der Waals surface area contributed by atoms with Crippen LogP contribution < -0.4 is 5.32 Å². The quantitative estimate of drug-likeness (QED) is 0.438. The molecule has 0 bridgehead atoms. The molecule has 1 saturated heterocycles. The fraction of sp³-hybridized carbons (Fsp3) is 1.00. The van der Waals surface area contributed by atoms with E-state index in [0.717, 1.165) is 25.6 Å². The van der Waals surface area contributed by atoms with Crippen molar-refractivity contribution in [3.05, 3.63) is 0 Å². The molecule has 5 nitrogen and oxygen atoms in total. The molecule has 1 N–H and O–H groups in total. The molecule has 1 heterocycles. The molecule has 1 aliphatic heterocycles. The van der Waals surface area contributed by atoms with Crippen LogP contribution in [0.1, 0.15) is 26.2 Å². The van der Waals surface area contributed by atoms with Crippen LogP contribution in [0.2, 0.25) is 6.04 Å². The molecule has 0 unspecified atom stereocenters. The van der Waals surface area contributed by atoms with E-state index < -0.39 is 39.3 Å². The average Bonchev–Trinajstić information content (AvgIpc) is 2.25. The molecule has 0 saturated carbocycles. The zero-order valence-corrected chi connectivity index (χ0v) is 15.5. The minimum atomic E-state index is -1.40. The number of unbranched alkanes of at least 4 members (excludes halogenated alkanes) is 1. The first-order valence-electron chi connectivity index (χ1n) is 6.03. The molecule has 96 valence electrons. The molecule has 0 aromatic heterocycles. The Balaban J connectivity index is 1.93. The summed E-state index contributed by atoms with van der Waals surface area (Å²) < 4.78 is 22.2. The van der Waals surface area contributed by atoms with Crippen molar-refractivity contribution in [2.24, 2.45) is 0 Å². The average molecular weight is 298 g/mol. The van der Waals surface area contributed by atoms with Gasteiger partial charge in [-0.15, -0.1) is 0 Å². The Hall–Kier alpha value is 0.668.